The van der Waals surface area contributed by atoms with Crippen LogP contribution < -0.4 is 10.5 Å². The van der Waals surface area contributed by atoms with Crippen LogP contribution >= 0.6 is 0 Å². The molecule has 0 heterocycles. The summed E-state index contributed by atoms with van der Waals surface area (Å²) in [6.45, 7) is 0. The first kappa shape index (κ1) is 12.9. The molecule has 4 heteroatoms. The predicted octanol–water partition coefficient (Wildman–Crippen LogP) is 2.09. The maximum absolute atomic E-state index is 9.94. The zero-order valence-corrected chi connectivity index (χ0v) is 10.7. The Balaban J connectivity index is 2.13. The molecule has 0 aromatic heterocycles. The molecule has 0 radical (unpaired) electrons. The molecule has 0 amide bonds. The van der Waals surface area contributed by atoms with Crippen molar-refractivity contribution >= 4 is 6.21 Å². The van der Waals surface area contributed by atoms with Crippen molar-refractivity contribution in [3.8, 4) is 11.5 Å². The Morgan fingerprint density at radius 2 is 2.17 bits per heavy atom. The molecule has 1 aliphatic rings. The second-order valence-corrected chi connectivity index (χ2v) is 4.69. The van der Waals surface area contributed by atoms with Gasteiger partial charge in [0.15, 0.2) is 11.5 Å². The number of rotatable bonds is 3. The van der Waals surface area contributed by atoms with Gasteiger partial charge in [-0.25, -0.2) is 0 Å². The summed E-state index contributed by atoms with van der Waals surface area (Å²) in [7, 11) is 1.53. The van der Waals surface area contributed by atoms with E-state index in [1.807, 2.05) is 12.1 Å². The highest BCUT2D eigenvalue weighted by Gasteiger charge is 2.20. The summed E-state index contributed by atoms with van der Waals surface area (Å²) in [6, 6.07) is 5.68. The first-order valence-electron chi connectivity index (χ1n) is 6.37. The van der Waals surface area contributed by atoms with Crippen molar-refractivity contribution in [1.29, 1.82) is 0 Å². The summed E-state index contributed by atoms with van der Waals surface area (Å²) < 4.78 is 5.06. The van der Waals surface area contributed by atoms with Gasteiger partial charge in [-0.15, -0.1) is 0 Å². The molecular weight excluding hydrogens is 228 g/mol. The number of para-hydroxylation sites is 1. The van der Waals surface area contributed by atoms with Crippen molar-refractivity contribution in [2.45, 2.75) is 37.8 Å². The highest BCUT2D eigenvalue weighted by Crippen LogP contribution is 2.28. The van der Waals surface area contributed by atoms with Crippen LogP contribution in [-0.4, -0.2) is 30.5 Å². The van der Waals surface area contributed by atoms with Gasteiger partial charge in [0, 0.05) is 17.8 Å². The minimum Gasteiger partial charge on any atom is -0.504 e. The first-order chi connectivity index (χ1) is 8.72. The van der Waals surface area contributed by atoms with Gasteiger partial charge >= 0.3 is 0 Å². The normalized spacial score (nSPS) is 24.3. The molecular formula is C14H20N2O2. The Labute approximate surface area is 107 Å². The molecule has 1 saturated carbocycles. The molecule has 4 nitrogen and oxygen atoms in total. The molecule has 1 aromatic rings. The number of ether oxygens (including phenoxy) is 1. The average molecular weight is 248 g/mol. The zero-order chi connectivity index (χ0) is 13.0. The fraction of sp³-hybridized carbons (Fsp3) is 0.500. The van der Waals surface area contributed by atoms with Crippen LogP contribution in [0.25, 0.3) is 0 Å². The number of nitrogens with two attached hydrogens (primary N) is 1. The third-order valence-corrected chi connectivity index (χ3v) is 3.44. The van der Waals surface area contributed by atoms with Crippen LogP contribution in [0.5, 0.6) is 11.5 Å². The van der Waals surface area contributed by atoms with Gasteiger partial charge < -0.3 is 15.6 Å². The Kier molecular flexibility index (Phi) is 4.20. The third-order valence-electron chi connectivity index (χ3n) is 3.44. The van der Waals surface area contributed by atoms with E-state index in [-0.39, 0.29) is 17.8 Å². The maximum Gasteiger partial charge on any atom is 0.166 e. The minimum atomic E-state index is 0.133. The summed E-state index contributed by atoms with van der Waals surface area (Å²) in [5.74, 6) is 0.597. The molecule has 0 bridgehead atoms. The van der Waals surface area contributed by atoms with Gasteiger partial charge in [0.1, 0.15) is 0 Å². The van der Waals surface area contributed by atoms with Crippen LogP contribution in [0.4, 0.5) is 0 Å². The predicted molar refractivity (Wildman–Crippen MR) is 72.5 cm³/mol. The molecule has 0 aliphatic heterocycles. The first-order valence-corrected chi connectivity index (χ1v) is 6.37. The highest BCUT2D eigenvalue weighted by molar-refractivity contribution is 5.84. The largest absolute Gasteiger partial charge is 0.504 e. The van der Waals surface area contributed by atoms with Gasteiger partial charge in [-0.05, 0) is 25.0 Å². The third kappa shape index (κ3) is 2.82. The SMILES string of the molecule is COc1cccc(C=NC2CCCCC2N)c1O. The van der Waals surface area contributed by atoms with Crippen molar-refractivity contribution in [3.05, 3.63) is 23.8 Å². The van der Waals surface area contributed by atoms with E-state index in [1.54, 1.807) is 12.3 Å². The Morgan fingerprint density at radius 3 is 2.89 bits per heavy atom. The molecule has 0 spiro atoms. The topological polar surface area (TPSA) is 67.8 Å². The van der Waals surface area contributed by atoms with E-state index < -0.39 is 0 Å². The van der Waals surface area contributed by atoms with Crippen molar-refractivity contribution in [2.24, 2.45) is 10.7 Å². The van der Waals surface area contributed by atoms with E-state index in [4.69, 9.17) is 10.5 Å². The number of aliphatic imine (C=N–C) groups is 1. The number of phenolic OH excluding ortho intramolecular Hbond substituents is 1. The number of nitrogens with zero attached hydrogens (tertiary/aromatic N) is 1. The lowest BCUT2D eigenvalue weighted by Crippen LogP contribution is -2.36. The molecule has 1 aliphatic carbocycles. The Hall–Kier alpha value is -1.55. The average Bonchev–Trinajstić information content (AvgIpc) is 2.39. The van der Waals surface area contributed by atoms with E-state index in [0.29, 0.717) is 11.3 Å². The molecule has 2 unspecified atom stereocenters. The van der Waals surface area contributed by atoms with Crippen LogP contribution in [0.15, 0.2) is 23.2 Å². The summed E-state index contributed by atoms with van der Waals surface area (Å²) in [5.41, 5.74) is 6.71. The van der Waals surface area contributed by atoms with E-state index in [1.165, 1.54) is 20.0 Å². The quantitative estimate of drug-likeness (QED) is 0.805. The summed E-state index contributed by atoms with van der Waals surface area (Å²) in [6.07, 6.45) is 6.14. The molecule has 98 valence electrons. The fourth-order valence-electron chi connectivity index (χ4n) is 2.31. The van der Waals surface area contributed by atoms with Crippen LogP contribution in [0.2, 0.25) is 0 Å². The van der Waals surface area contributed by atoms with Crippen LogP contribution in [0.1, 0.15) is 31.2 Å². The minimum absolute atomic E-state index is 0.133. The second-order valence-electron chi connectivity index (χ2n) is 4.69. The monoisotopic (exact) mass is 248 g/mol. The standard InChI is InChI=1S/C14H20N2O2/c1-18-13-8-4-5-10(14(13)17)9-16-12-7-3-2-6-11(12)15/h4-5,8-9,11-12,17H,2-3,6-7,15H2,1H3. The summed E-state index contributed by atoms with van der Waals surface area (Å²) in [4.78, 5) is 4.51. The van der Waals surface area contributed by atoms with Gasteiger partial charge in [-0.1, -0.05) is 18.9 Å². The number of benzene rings is 1. The van der Waals surface area contributed by atoms with Gasteiger partial charge in [0.2, 0.25) is 0 Å². The van der Waals surface area contributed by atoms with Crippen LogP contribution in [-0.2, 0) is 0 Å². The molecule has 18 heavy (non-hydrogen) atoms. The van der Waals surface area contributed by atoms with Crippen LogP contribution in [0.3, 0.4) is 0 Å². The summed E-state index contributed by atoms with van der Waals surface area (Å²) in [5, 5.41) is 9.94. The molecule has 2 rings (SSSR count). The molecule has 0 saturated heterocycles. The number of aromatic hydroxyl groups is 1. The van der Waals surface area contributed by atoms with Crippen LogP contribution in [0, 0.1) is 0 Å². The number of phenols is 1. The lowest BCUT2D eigenvalue weighted by molar-refractivity contribution is 0.372. The Morgan fingerprint density at radius 1 is 1.39 bits per heavy atom. The molecule has 1 aromatic carbocycles. The maximum atomic E-state index is 9.94. The van der Waals surface area contributed by atoms with Gasteiger partial charge in [0.25, 0.3) is 0 Å². The lowest BCUT2D eigenvalue weighted by atomic mass is 9.91. The fourth-order valence-corrected chi connectivity index (χ4v) is 2.31. The molecule has 1 fully saturated rings. The van der Waals surface area contributed by atoms with Crippen molar-refractivity contribution in [1.82, 2.24) is 0 Å². The number of methoxy groups -OCH3 is 1. The van der Waals surface area contributed by atoms with E-state index in [2.05, 4.69) is 4.99 Å². The lowest BCUT2D eigenvalue weighted by Gasteiger charge is -2.25. The number of hydrogen-bond acceptors (Lipinski definition) is 4. The highest BCUT2D eigenvalue weighted by atomic mass is 16.5. The molecule has 2 atom stereocenters. The van der Waals surface area contributed by atoms with E-state index in [0.717, 1.165) is 12.8 Å². The van der Waals surface area contributed by atoms with Crippen molar-refractivity contribution in [3.63, 3.8) is 0 Å². The Bertz CT molecular complexity index is 432. The second kappa shape index (κ2) is 5.87. The zero-order valence-electron chi connectivity index (χ0n) is 10.7. The van der Waals surface area contributed by atoms with Crippen molar-refractivity contribution in [2.75, 3.05) is 7.11 Å². The van der Waals surface area contributed by atoms with Gasteiger partial charge in [0.05, 0.1) is 13.2 Å². The summed E-state index contributed by atoms with van der Waals surface area (Å²) >= 11 is 0. The van der Waals surface area contributed by atoms with Crippen molar-refractivity contribution < 1.29 is 9.84 Å². The molecule has 3 N–H and O–H groups in total. The smallest absolute Gasteiger partial charge is 0.166 e. The number of hydrogen-bond donors (Lipinski definition) is 2. The van der Waals surface area contributed by atoms with E-state index >= 15 is 0 Å². The van der Waals surface area contributed by atoms with Gasteiger partial charge in [-0.2, -0.15) is 0 Å². The van der Waals surface area contributed by atoms with Gasteiger partial charge in [-0.3, -0.25) is 4.99 Å². The van der Waals surface area contributed by atoms with E-state index in [9.17, 15) is 5.11 Å².